The fourth-order valence-corrected chi connectivity index (χ4v) is 4.34. The minimum Gasteiger partial charge on any atom is -0.497 e. The van der Waals surface area contributed by atoms with Gasteiger partial charge in [0.25, 0.3) is 5.91 Å². The number of thiophene rings is 1. The number of ether oxygens (including phenoxy) is 2. The standard InChI is InChI=1S/C17H15N3O3S2/c1-22-11-4-3-10(13(7-11)23-2)9-18-15(21)14-8-12-16(25-14)19-17-20(12)5-6-24-17/h3-8H,9H2,1-2H3,(H,18,21). The highest BCUT2D eigenvalue weighted by Gasteiger charge is 2.15. The number of aromatic nitrogens is 2. The third-order valence-electron chi connectivity index (χ3n) is 3.90. The van der Waals surface area contributed by atoms with E-state index in [1.54, 1.807) is 31.6 Å². The zero-order valence-electron chi connectivity index (χ0n) is 13.6. The summed E-state index contributed by atoms with van der Waals surface area (Å²) in [5.74, 6) is 1.28. The second kappa shape index (κ2) is 6.38. The Hall–Kier alpha value is -2.58. The van der Waals surface area contributed by atoms with Crippen LogP contribution >= 0.6 is 22.7 Å². The van der Waals surface area contributed by atoms with Gasteiger partial charge in [-0.2, -0.15) is 0 Å². The maximum atomic E-state index is 12.5. The lowest BCUT2D eigenvalue weighted by atomic mass is 10.2. The Balaban J connectivity index is 1.53. The second-order valence-electron chi connectivity index (χ2n) is 5.33. The maximum Gasteiger partial charge on any atom is 0.261 e. The van der Waals surface area contributed by atoms with Crippen molar-refractivity contribution in [1.29, 1.82) is 0 Å². The molecule has 0 radical (unpaired) electrons. The van der Waals surface area contributed by atoms with E-state index in [9.17, 15) is 4.79 Å². The maximum absolute atomic E-state index is 12.5. The number of hydrogen-bond donors (Lipinski definition) is 1. The number of rotatable bonds is 5. The molecule has 25 heavy (non-hydrogen) atoms. The summed E-state index contributed by atoms with van der Waals surface area (Å²) in [5.41, 5.74) is 1.85. The zero-order chi connectivity index (χ0) is 17.4. The number of carbonyl (C=O) groups excluding carboxylic acids is 1. The summed E-state index contributed by atoms with van der Waals surface area (Å²) >= 11 is 2.98. The van der Waals surface area contributed by atoms with Gasteiger partial charge in [0, 0.05) is 29.8 Å². The van der Waals surface area contributed by atoms with Crippen LogP contribution in [0.1, 0.15) is 15.2 Å². The zero-order valence-corrected chi connectivity index (χ0v) is 15.2. The third-order valence-corrected chi connectivity index (χ3v) is 5.67. The first-order chi connectivity index (χ1) is 12.2. The van der Waals surface area contributed by atoms with Crippen LogP contribution in [0.15, 0.2) is 35.8 Å². The Morgan fingerprint density at radius 3 is 2.96 bits per heavy atom. The van der Waals surface area contributed by atoms with Gasteiger partial charge in [0.2, 0.25) is 0 Å². The number of amides is 1. The molecule has 1 N–H and O–H groups in total. The van der Waals surface area contributed by atoms with Gasteiger partial charge in [-0.3, -0.25) is 9.20 Å². The number of hydrogen-bond acceptors (Lipinski definition) is 6. The van der Waals surface area contributed by atoms with Gasteiger partial charge >= 0.3 is 0 Å². The molecule has 0 saturated carbocycles. The molecule has 1 aromatic carbocycles. The first-order valence-electron chi connectivity index (χ1n) is 7.54. The van der Waals surface area contributed by atoms with E-state index in [4.69, 9.17) is 9.47 Å². The van der Waals surface area contributed by atoms with Crippen LogP contribution in [-0.4, -0.2) is 29.5 Å². The molecule has 0 aliphatic carbocycles. The van der Waals surface area contributed by atoms with Crippen LogP contribution in [0.25, 0.3) is 15.3 Å². The van der Waals surface area contributed by atoms with Crippen molar-refractivity contribution < 1.29 is 14.3 Å². The Morgan fingerprint density at radius 2 is 2.16 bits per heavy atom. The largest absolute Gasteiger partial charge is 0.497 e. The Kier molecular flexibility index (Phi) is 4.06. The van der Waals surface area contributed by atoms with Crippen LogP contribution in [0.4, 0.5) is 0 Å². The van der Waals surface area contributed by atoms with Crippen LogP contribution in [-0.2, 0) is 6.54 Å². The first kappa shape index (κ1) is 15.9. The van der Waals surface area contributed by atoms with Gasteiger partial charge < -0.3 is 14.8 Å². The monoisotopic (exact) mass is 373 g/mol. The molecule has 6 nitrogen and oxygen atoms in total. The van der Waals surface area contributed by atoms with Crippen molar-refractivity contribution in [3.05, 3.63) is 46.3 Å². The van der Waals surface area contributed by atoms with Crippen LogP contribution in [0, 0.1) is 0 Å². The van der Waals surface area contributed by atoms with E-state index in [-0.39, 0.29) is 5.91 Å². The fourth-order valence-electron chi connectivity index (χ4n) is 2.62. The normalized spacial score (nSPS) is 11.1. The summed E-state index contributed by atoms with van der Waals surface area (Å²) in [4.78, 5) is 19.5. The quantitative estimate of drug-likeness (QED) is 0.581. The number of thiazole rings is 1. The van der Waals surface area contributed by atoms with Crippen molar-refractivity contribution in [1.82, 2.24) is 14.7 Å². The van der Waals surface area contributed by atoms with E-state index in [1.807, 2.05) is 34.2 Å². The van der Waals surface area contributed by atoms with Gasteiger partial charge in [0.1, 0.15) is 16.3 Å². The number of carbonyl (C=O) groups is 1. The molecular formula is C17H15N3O3S2. The minimum atomic E-state index is -0.121. The molecule has 0 bridgehead atoms. The Bertz CT molecular complexity index is 1060. The van der Waals surface area contributed by atoms with Gasteiger partial charge in [0.05, 0.1) is 24.6 Å². The molecule has 0 unspecified atom stereocenters. The lowest BCUT2D eigenvalue weighted by Crippen LogP contribution is -2.22. The van der Waals surface area contributed by atoms with E-state index in [1.165, 1.54) is 11.3 Å². The molecule has 0 fully saturated rings. The van der Waals surface area contributed by atoms with Crippen LogP contribution in [0.2, 0.25) is 0 Å². The molecule has 128 valence electrons. The summed E-state index contributed by atoms with van der Waals surface area (Å²) < 4.78 is 12.5. The van der Waals surface area contributed by atoms with Crippen molar-refractivity contribution >= 4 is 43.9 Å². The molecule has 8 heteroatoms. The van der Waals surface area contributed by atoms with Crippen molar-refractivity contribution in [2.45, 2.75) is 6.54 Å². The summed E-state index contributed by atoms with van der Waals surface area (Å²) in [5, 5.41) is 4.92. The second-order valence-corrected chi connectivity index (χ2v) is 7.23. The number of imidazole rings is 1. The van der Waals surface area contributed by atoms with Crippen LogP contribution in [0.5, 0.6) is 11.5 Å². The van der Waals surface area contributed by atoms with E-state index in [0.29, 0.717) is 22.9 Å². The number of nitrogens with one attached hydrogen (secondary N) is 1. The molecule has 0 aliphatic rings. The summed E-state index contributed by atoms with van der Waals surface area (Å²) in [6, 6.07) is 7.41. The highest BCUT2D eigenvalue weighted by atomic mass is 32.1. The lowest BCUT2D eigenvalue weighted by Gasteiger charge is -2.11. The molecule has 3 heterocycles. The predicted molar refractivity (Wildman–Crippen MR) is 99.2 cm³/mol. The van der Waals surface area contributed by atoms with E-state index >= 15 is 0 Å². The summed E-state index contributed by atoms with van der Waals surface area (Å²) in [6.45, 7) is 0.378. The van der Waals surface area contributed by atoms with Gasteiger partial charge in [-0.1, -0.05) is 0 Å². The Morgan fingerprint density at radius 1 is 1.28 bits per heavy atom. The Labute approximate surface area is 151 Å². The molecule has 0 aliphatic heterocycles. The predicted octanol–water partition coefficient (Wildman–Crippen LogP) is 3.56. The minimum absolute atomic E-state index is 0.121. The molecule has 0 atom stereocenters. The fraction of sp³-hybridized carbons (Fsp3) is 0.176. The van der Waals surface area contributed by atoms with Crippen molar-refractivity contribution in [2.75, 3.05) is 14.2 Å². The highest BCUT2D eigenvalue weighted by molar-refractivity contribution is 7.21. The average Bonchev–Trinajstić information content (AvgIpc) is 3.31. The molecule has 0 spiro atoms. The molecule has 1 amide bonds. The van der Waals surface area contributed by atoms with Crippen molar-refractivity contribution in [3.8, 4) is 11.5 Å². The van der Waals surface area contributed by atoms with Crippen LogP contribution in [0.3, 0.4) is 0 Å². The lowest BCUT2D eigenvalue weighted by molar-refractivity contribution is 0.0955. The number of methoxy groups -OCH3 is 2. The summed E-state index contributed by atoms with van der Waals surface area (Å²) in [6.07, 6.45) is 1.96. The van der Waals surface area contributed by atoms with Gasteiger partial charge in [-0.25, -0.2) is 4.98 Å². The smallest absolute Gasteiger partial charge is 0.261 e. The van der Waals surface area contributed by atoms with Gasteiger partial charge in [0.15, 0.2) is 4.96 Å². The highest BCUT2D eigenvalue weighted by Crippen LogP contribution is 2.28. The van der Waals surface area contributed by atoms with Gasteiger partial charge in [-0.05, 0) is 18.2 Å². The third kappa shape index (κ3) is 2.83. The first-order valence-corrected chi connectivity index (χ1v) is 9.23. The molecule has 3 aromatic heterocycles. The average molecular weight is 373 g/mol. The van der Waals surface area contributed by atoms with E-state index < -0.39 is 0 Å². The van der Waals surface area contributed by atoms with Crippen LogP contribution < -0.4 is 14.8 Å². The SMILES string of the molecule is COc1ccc(CNC(=O)c2cc3c(nc4sccn43)s2)c(OC)c1. The van der Waals surface area contributed by atoms with Crippen molar-refractivity contribution in [2.24, 2.45) is 0 Å². The molecule has 0 saturated heterocycles. The van der Waals surface area contributed by atoms with Gasteiger partial charge in [-0.15, -0.1) is 22.7 Å². The van der Waals surface area contributed by atoms with Crippen molar-refractivity contribution in [3.63, 3.8) is 0 Å². The number of fused-ring (bicyclic) bond motifs is 3. The molecule has 4 aromatic rings. The summed E-state index contributed by atoms with van der Waals surface area (Å²) in [7, 11) is 3.20. The number of nitrogens with zero attached hydrogens (tertiary/aromatic N) is 2. The molecule has 4 rings (SSSR count). The topological polar surface area (TPSA) is 64.9 Å². The van der Waals surface area contributed by atoms with E-state index in [0.717, 1.165) is 20.9 Å². The molecular weight excluding hydrogens is 358 g/mol. The van der Waals surface area contributed by atoms with E-state index in [2.05, 4.69) is 10.3 Å². The number of benzene rings is 1.